The fourth-order valence-corrected chi connectivity index (χ4v) is 5.25. The van der Waals surface area contributed by atoms with Gasteiger partial charge in [-0.3, -0.25) is 0 Å². The number of rotatable bonds is 3. The van der Waals surface area contributed by atoms with Crippen LogP contribution in [0.3, 0.4) is 0 Å². The molecule has 0 atom stereocenters. The Morgan fingerprint density at radius 2 is 1.88 bits per heavy atom. The maximum Gasteiger partial charge on any atom is 0.408 e. The zero-order chi connectivity index (χ0) is 18.4. The van der Waals surface area contributed by atoms with Crippen molar-refractivity contribution >= 4 is 27.8 Å². The molecule has 0 unspecified atom stereocenters. The van der Waals surface area contributed by atoms with Crippen LogP contribution in [0.15, 0.2) is 52.3 Å². The molecule has 0 amide bonds. The van der Waals surface area contributed by atoms with Crippen molar-refractivity contribution in [2.24, 2.45) is 0 Å². The van der Waals surface area contributed by atoms with Crippen LogP contribution in [-0.4, -0.2) is 34.0 Å². The second kappa shape index (κ2) is 6.54. The molecule has 0 saturated carbocycles. The number of piperazine rings is 1. The molecular formula is C18H20N2O4S2. The molecule has 1 N–H and O–H groups in total. The summed E-state index contributed by atoms with van der Waals surface area (Å²) in [5.41, 5.74) is 3.33. The number of nitrogens with zero attached hydrogens (tertiary/aromatic N) is 1. The lowest BCUT2D eigenvalue weighted by molar-refractivity contribution is -0.189. The third-order valence-electron chi connectivity index (χ3n) is 4.44. The van der Waals surface area contributed by atoms with Crippen LogP contribution in [0.25, 0.3) is 0 Å². The molecule has 0 radical (unpaired) electrons. The highest BCUT2D eigenvalue weighted by atomic mass is 32.3. The zero-order valence-electron chi connectivity index (χ0n) is 14.6. The number of benzene rings is 2. The Labute approximate surface area is 157 Å². The molecule has 2 aliphatic rings. The predicted molar refractivity (Wildman–Crippen MR) is 101 cm³/mol. The van der Waals surface area contributed by atoms with Gasteiger partial charge in [0.2, 0.25) is 0 Å². The van der Waals surface area contributed by atoms with Gasteiger partial charge in [-0.05, 0) is 37.6 Å². The van der Waals surface area contributed by atoms with Crippen molar-refractivity contribution in [2.45, 2.75) is 29.5 Å². The van der Waals surface area contributed by atoms with Crippen LogP contribution in [0.1, 0.15) is 11.1 Å². The number of hydrogen-bond donors (Lipinski definition) is 1. The standard InChI is InChI=1S/C18H20N2O4S2/c1-13-7-8-16(14(2)11-13)25-17-6-4-3-5-15(17)20-10-9-19-12-18(20)23-26(21,22)24-18/h3-8,11,19H,9-10,12H2,1-2H3. The fraction of sp³-hybridized carbons (Fsp3) is 0.333. The highest BCUT2D eigenvalue weighted by molar-refractivity contribution is 7.99. The number of aryl methyl sites for hydroxylation is 2. The number of para-hydroxylation sites is 1. The summed E-state index contributed by atoms with van der Waals surface area (Å²) in [7, 11) is -3.90. The van der Waals surface area contributed by atoms with E-state index in [0.717, 1.165) is 22.0 Å². The third-order valence-corrected chi connectivity index (χ3v) is 6.61. The molecule has 4 rings (SSSR count). The van der Waals surface area contributed by atoms with Crippen molar-refractivity contribution in [3.8, 4) is 0 Å². The molecule has 8 heteroatoms. The van der Waals surface area contributed by atoms with Crippen molar-refractivity contribution in [3.63, 3.8) is 0 Å². The smallest absolute Gasteiger partial charge is 0.315 e. The maximum atomic E-state index is 11.5. The van der Waals surface area contributed by atoms with E-state index in [1.54, 1.807) is 11.8 Å². The van der Waals surface area contributed by atoms with Crippen LogP contribution in [-0.2, 0) is 18.8 Å². The Kier molecular flexibility index (Phi) is 4.48. The highest BCUT2D eigenvalue weighted by Gasteiger charge is 2.58. The summed E-state index contributed by atoms with van der Waals surface area (Å²) in [6.07, 6.45) is 0. The lowest BCUT2D eigenvalue weighted by atomic mass is 10.2. The van der Waals surface area contributed by atoms with Crippen molar-refractivity contribution in [1.29, 1.82) is 0 Å². The van der Waals surface area contributed by atoms with E-state index in [9.17, 15) is 8.42 Å². The summed E-state index contributed by atoms with van der Waals surface area (Å²) in [4.78, 5) is 4.07. The maximum absolute atomic E-state index is 11.5. The molecule has 1 spiro atoms. The van der Waals surface area contributed by atoms with E-state index < -0.39 is 16.3 Å². The first-order chi connectivity index (χ1) is 12.4. The zero-order valence-corrected chi connectivity index (χ0v) is 16.2. The van der Waals surface area contributed by atoms with Gasteiger partial charge in [-0.25, -0.2) is 0 Å². The van der Waals surface area contributed by atoms with Gasteiger partial charge < -0.3 is 10.2 Å². The summed E-state index contributed by atoms with van der Waals surface area (Å²) < 4.78 is 33.3. The highest BCUT2D eigenvalue weighted by Crippen LogP contribution is 2.43. The van der Waals surface area contributed by atoms with Crippen LogP contribution in [0.2, 0.25) is 0 Å². The Hall–Kier alpha value is -1.58. The van der Waals surface area contributed by atoms with Crippen LogP contribution in [0.4, 0.5) is 5.69 Å². The summed E-state index contributed by atoms with van der Waals surface area (Å²) in [5, 5.41) is 3.14. The molecule has 6 nitrogen and oxygen atoms in total. The van der Waals surface area contributed by atoms with Crippen LogP contribution in [0, 0.1) is 13.8 Å². The molecule has 2 aromatic carbocycles. The van der Waals surface area contributed by atoms with Gasteiger partial charge in [0.25, 0.3) is 0 Å². The summed E-state index contributed by atoms with van der Waals surface area (Å²) >= 11 is 1.66. The average molecular weight is 393 g/mol. The van der Waals surface area contributed by atoms with E-state index in [4.69, 9.17) is 8.37 Å². The summed E-state index contributed by atoms with van der Waals surface area (Å²) in [6.45, 7) is 5.76. The fourth-order valence-electron chi connectivity index (χ4n) is 3.28. The van der Waals surface area contributed by atoms with Crippen LogP contribution in [0.5, 0.6) is 0 Å². The number of anilines is 1. The van der Waals surface area contributed by atoms with Crippen molar-refractivity contribution < 1.29 is 16.8 Å². The first-order valence-corrected chi connectivity index (χ1v) is 10.5. The number of nitrogens with one attached hydrogen (secondary N) is 1. The van der Waals surface area contributed by atoms with Crippen LogP contribution < -0.4 is 10.2 Å². The minimum Gasteiger partial charge on any atom is -0.315 e. The molecule has 2 fully saturated rings. The van der Waals surface area contributed by atoms with Crippen molar-refractivity contribution in [1.82, 2.24) is 5.32 Å². The normalized spacial score (nSPS) is 20.8. The average Bonchev–Trinajstić information content (AvgIpc) is 2.57. The Bertz CT molecular complexity index is 934. The first kappa shape index (κ1) is 17.8. The van der Waals surface area contributed by atoms with Gasteiger partial charge in [-0.1, -0.05) is 41.6 Å². The molecule has 0 bridgehead atoms. The Morgan fingerprint density at radius 1 is 1.12 bits per heavy atom. The first-order valence-electron chi connectivity index (χ1n) is 8.37. The second-order valence-electron chi connectivity index (χ2n) is 6.45. The van der Waals surface area contributed by atoms with Gasteiger partial charge in [0, 0.05) is 22.9 Å². The third kappa shape index (κ3) is 3.23. The lowest BCUT2D eigenvalue weighted by Gasteiger charge is -2.50. The van der Waals surface area contributed by atoms with Gasteiger partial charge in [0.05, 0.1) is 12.2 Å². The molecule has 138 valence electrons. The van der Waals surface area contributed by atoms with E-state index in [-0.39, 0.29) is 6.54 Å². The molecule has 26 heavy (non-hydrogen) atoms. The van der Waals surface area contributed by atoms with Gasteiger partial charge in [-0.15, -0.1) is 0 Å². The molecule has 2 heterocycles. The predicted octanol–water partition coefficient (Wildman–Crippen LogP) is 2.81. The van der Waals surface area contributed by atoms with Crippen molar-refractivity contribution in [2.75, 3.05) is 24.5 Å². The number of hydrogen-bond acceptors (Lipinski definition) is 7. The van der Waals surface area contributed by atoms with Gasteiger partial charge >= 0.3 is 16.3 Å². The molecule has 2 aliphatic heterocycles. The molecule has 2 aromatic rings. The van der Waals surface area contributed by atoms with E-state index in [0.29, 0.717) is 6.54 Å². The van der Waals surface area contributed by atoms with E-state index in [1.807, 2.05) is 29.2 Å². The Morgan fingerprint density at radius 3 is 2.62 bits per heavy atom. The summed E-state index contributed by atoms with van der Waals surface area (Å²) in [6, 6.07) is 14.3. The van der Waals surface area contributed by atoms with E-state index in [2.05, 4.69) is 37.4 Å². The largest absolute Gasteiger partial charge is 0.408 e. The monoisotopic (exact) mass is 392 g/mol. The van der Waals surface area contributed by atoms with Crippen LogP contribution >= 0.6 is 11.8 Å². The molecule has 0 aliphatic carbocycles. The SMILES string of the molecule is Cc1ccc(Sc2ccccc2N2CCNCC23OS(=O)(=O)O3)c(C)c1. The molecule has 2 saturated heterocycles. The minimum absolute atomic E-state index is 0.286. The topological polar surface area (TPSA) is 67.9 Å². The minimum atomic E-state index is -3.90. The molecule has 0 aromatic heterocycles. The van der Waals surface area contributed by atoms with Gasteiger partial charge in [-0.2, -0.15) is 16.8 Å². The quantitative estimate of drug-likeness (QED) is 0.861. The second-order valence-corrected chi connectivity index (χ2v) is 8.69. The Balaban J connectivity index is 1.69. The summed E-state index contributed by atoms with van der Waals surface area (Å²) in [5.74, 6) is -1.30. The van der Waals surface area contributed by atoms with E-state index in [1.165, 1.54) is 11.1 Å². The van der Waals surface area contributed by atoms with Crippen molar-refractivity contribution in [3.05, 3.63) is 53.6 Å². The van der Waals surface area contributed by atoms with Gasteiger partial charge in [0.1, 0.15) is 0 Å². The lowest BCUT2D eigenvalue weighted by Crippen LogP contribution is -2.71. The molecular weight excluding hydrogens is 372 g/mol. The van der Waals surface area contributed by atoms with E-state index >= 15 is 0 Å². The van der Waals surface area contributed by atoms with Gasteiger partial charge in [0.15, 0.2) is 0 Å².